The Hall–Kier alpha value is -1.36. The van der Waals surface area contributed by atoms with Gasteiger partial charge in [0.05, 0.1) is 6.20 Å². The second kappa shape index (κ2) is 3.16. The van der Waals surface area contributed by atoms with Crippen molar-refractivity contribution in [2.45, 2.75) is 12.5 Å². The van der Waals surface area contributed by atoms with Crippen LogP contribution < -0.4 is 5.73 Å². The Labute approximate surface area is 62.8 Å². The lowest BCUT2D eigenvalue weighted by atomic mass is 10.2. The minimum Gasteiger partial charge on any atom is -0.480 e. The monoisotopic (exact) mass is 156 g/mol. The van der Waals surface area contributed by atoms with E-state index in [0.29, 0.717) is 5.76 Å². The lowest BCUT2D eigenvalue weighted by Crippen LogP contribution is -2.32. The average Bonchev–Trinajstić information content (AvgIpc) is 2.39. The fraction of sp³-hybridized carbons (Fsp3) is 0.333. The van der Waals surface area contributed by atoms with E-state index >= 15 is 0 Å². The Morgan fingerprint density at radius 2 is 2.64 bits per heavy atom. The molecule has 60 valence electrons. The normalized spacial score (nSPS) is 12.8. The summed E-state index contributed by atoms with van der Waals surface area (Å²) in [4.78, 5) is 13.9. The number of rotatable bonds is 3. The highest BCUT2D eigenvalue weighted by Gasteiger charge is 2.13. The van der Waals surface area contributed by atoms with Gasteiger partial charge in [0.15, 0.2) is 6.39 Å². The molecule has 0 aliphatic rings. The number of nitrogens with zero attached hydrogens (tertiary/aromatic N) is 1. The third-order valence-corrected chi connectivity index (χ3v) is 1.22. The summed E-state index contributed by atoms with van der Waals surface area (Å²) in [5.41, 5.74) is 5.22. The molecule has 1 aromatic rings. The zero-order valence-electron chi connectivity index (χ0n) is 5.73. The highest BCUT2D eigenvalue weighted by molar-refractivity contribution is 5.73. The molecule has 0 fully saturated rings. The van der Waals surface area contributed by atoms with E-state index in [0.717, 1.165) is 0 Å². The summed E-state index contributed by atoms with van der Waals surface area (Å²) in [5.74, 6) is -0.554. The van der Waals surface area contributed by atoms with Gasteiger partial charge in [-0.25, -0.2) is 4.98 Å². The molecule has 0 bridgehead atoms. The van der Waals surface area contributed by atoms with Crippen LogP contribution in [-0.4, -0.2) is 22.1 Å². The first-order valence-corrected chi connectivity index (χ1v) is 3.06. The third kappa shape index (κ3) is 2.05. The van der Waals surface area contributed by atoms with Gasteiger partial charge in [-0.15, -0.1) is 0 Å². The molecule has 0 saturated carbocycles. The van der Waals surface area contributed by atoms with Crippen molar-refractivity contribution in [1.29, 1.82) is 0 Å². The fourth-order valence-corrected chi connectivity index (χ4v) is 0.647. The van der Waals surface area contributed by atoms with Gasteiger partial charge in [0.2, 0.25) is 0 Å². The summed E-state index contributed by atoms with van der Waals surface area (Å²) in [7, 11) is 0. The predicted molar refractivity (Wildman–Crippen MR) is 35.8 cm³/mol. The van der Waals surface area contributed by atoms with Gasteiger partial charge in [0.1, 0.15) is 11.8 Å². The van der Waals surface area contributed by atoms with E-state index in [9.17, 15) is 4.79 Å². The van der Waals surface area contributed by atoms with Crippen molar-refractivity contribution >= 4 is 5.97 Å². The zero-order chi connectivity index (χ0) is 8.27. The van der Waals surface area contributed by atoms with Crippen LogP contribution in [0.5, 0.6) is 0 Å². The largest absolute Gasteiger partial charge is 0.480 e. The van der Waals surface area contributed by atoms with Gasteiger partial charge in [0.25, 0.3) is 0 Å². The van der Waals surface area contributed by atoms with E-state index in [-0.39, 0.29) is 6.42 Å². The number of carboxylic acid groups (broad SMARTS) is 1. The van der Waals surface area contributed by atoms with Crippen molar-refractivity contribution in [3.63, 3.8) is 0 Å². The molecule has 0 saturated heterocycles. The molecule has 3 N–H and O–H groups in total. The van der Waals surface area contributed by atoms with Crippen LogP contribution >= 0.6 is 0 Å². The highest BCUT2D eigenvalue weighted by Crippen LogP contribution is 1.99. The zero-order valence-corrected chi connectivity index (χ0v) is 5.73. The molecule has 1 atom stereocenters. The van der Waals surface area contributed by atoms with E-state index in [4.69, 9.17) is 15.3 Å². The van der Waals surface area contributed by atoms with Crippen LogP contribution in [0.1, 0.15) is 5.76 Å². The average molecular weight is 156 g/mol. The first-order chi connectivity index (χ1) is 5.20. The molecule has 0 radical (unpaired) electrons. The summed E-state index contributed by atoms with van der Waals surface area (Å²) in [6.45, 7) is 0. The van der Waals surface area contributed by atoms with Crippen LogP contribution in [0.25, 0.3) is 0 Å². The van der Waals surface area contributed by atoms with Crippen LogP contribution in [0.15, 0.2) is 17.0 Å². The lowest BCUT2D eigenvalue weighted by Gasteiger charge is -2.00. The summed E-state index contributed by atoms with van der Waals surface area (Å²) in [6, 6.07) is -0.914. The number of hydrogen-bond acceptors (Lipinski definition) is 4. The first kappa shape index (κ1) is 7.74. The summed E-state index contributed by atoms with van der Waals surface area (Å²) < 4.78 is 4.80. The number of aromatic nitrogens is 1. The van der Waals surface area contributed by atoms with Crippen molar-refractivity contribution in [1.82, 2.24) is 4.98 Å². The number of aliphatic carboxylic acids is 1. The van der Waals surface area contributed by atoms with Crippen LogP contribution in [0.4, 0.5) is 0 Å². The van der Waals surface area contributed by atoms with Crippen LogP contribution in [0.2, 0.25) is 0 Å². The molecular formula is C6H8N2O3. The molecule has 0 amide bonds. The van der Waals surface area contributed by atoms with Gasteiger partial charge in [-0.2, -0.15) is 0 Å². The van der Waals surface area contributed by atoms with Gasteiger partial charge < -0.3 is 15.3 Å². The van der Waals surface area contributed by atoms with Gasteiger partial charge in [-0.05, 0) is 0 Å². The van der Waals surface area contributed by atoms with Crippen molar-refractivity contribution in [2.75, 3.05) is 0 Å². The van der Waals surface area contributed by atoms with Gasteiger partial charge in [-0.1, -0.05) is 0 Å². The van der Waals surface area contributed by atoms with Crippen molar-refractivity contribution in [3.8, 4) is 0 Å². The molecule has 0 aliphatic heterocycles. The topological polar surface area (TPSA) is 89.4 Å². The van der Waals surface area contributed by atoms with E-state index in [2.05, 4.69) is 4.98 Å². The predicted octanol–water partition coefficient (Wildman–Crippen LogP) is -0.371. The maximum absolute atomic E-state index is 10.2. The van der Waals surface area contributed by atoms with E-state index in [1.165, 1.54) is 12.6 Å². The smallest absolute Gasteiger partial charge is 0.320 e. The quantitative estimate of drug-likeness (QED) is 0.623. The van der Waals surface area contributed by atoms with Crippen molar-refractivity contribution in [3.05, 3.63) is 18.4 Å². The number of hydrogen-bond donors (Lipinski definition) is 2. The number of nitrogens with two attached hydrogens (primary N) is 1. The molecular weight excluding hydrogens is 148 g/mol. The van der Waals surface area contributed by atoms with Crippen molar-refractivity contribution in [2.24, 2.45) is 5.73 Å². The molecule has 11 heavy (non-hydrogen) atoms. The van der Waals surface area contributed by atoms with Crippen LogP contribution in [0, 0.1) is 0 Å². The van der Waals surface area contributed by atoms with E-state index in [1.54, 1.807) is 0 Å². The maximum atomic E-state index is 10.2. The first-order valence-electron chi connectivity index (χ1n) is 3.06. The Kier molecular flexibility index (Phi) is 2.22. The molecule has 0 unspecified atom stereocenters. The molecule has 0 aromatic carbocycles. The van der Waals surface area contributed by atoms with Gasteiger partial charge >= 0.3 is 5.97 Å². The van der Waals surface area contributed by atoms with E-state index in [1.807, 2.05) is 0 Å². The van der Waals surface area contributed by atoms with Crippen LogP contribution in [0.3, 0.4) is 0 Å². The minimum atomic E-state index is -1.04. The number of carboxylic acids is 1. The second-order valence-electron chi connectivity index (χ2n) is 2.12. The minimum absolute atomic E-state index is 0.176. The molecule has 1 rings (SSSR count). The van der Waals surface area contributed by atoms with Gasteiger partial charge in [-0.3, -0.25) is 4.79 Å². The Morgan fingerprint density at radius 1 is 1.91 bits per heavy atom. The van der Waals surface area contributed by atoms with Crippen LogP contribution in [-0.2, 0) is 11.2 Å². The Balaban J connectivity index is 2.50. The molecule has 0 spiro atoms. The van der Waals surface area contributed by atoms with Crippen molar-refractivity contribution < 1.29 is 14.3 Å². The second-order valence-corrected chi connectivity index (χ2v) is 2.12. The standard InChI is InChI=1S/C6H8N2O3/c7-5(6(9)10)1-4-2-8-3-11-4/h2-3,5H,1,7H2,(H,9,10)/t5-/m0/s1. The maximum Gasteiger partial charge on any atom is 0.320 e. The Morgan fingerprint density at radius 3 is 3.09 bits per heavy atom. The van der Waals surface area contributed by atoms with Gasteiger partial charge in [0, 0.05) is 6.42 Å². The number of carbonyl (C=O) groups is 1. The number of oxazole rings is 1. The molecule has 0 aliphatic carbocycles. The third-order valence-electron chi connectivity index (χ3n) is 1.22. The summed E-state index contributed by atoms with van der Waals surface area (Å²) >= 11 is 0. The molecule has 5 nitrogen and oxygen atoms in total. The summed E-state index contributed by atoms with van der Waals surface area (Å²) in [5, 5.41) is 8.39. The Bertz CT molecular complexity index is 232. The van der Waals surface area contributed by atoms with E-state index < -0.39 is 12.0 Å². The molecule has 5 heteroatoms. The summed E-state index contributed by atoms with van der Waals surface area (Å²) in [6.07, 6.45) is 2.86. The SMILES string of the molecule is N[C@@H](Cc1cnco1)C(=O)O. The highest BCUT2D eigenvalue weighted by atomic mass is 16.4. The molecule has 1 heterocycles. The fourth-order valence-electron chi connectivity index (χ4n) is 0.647. The molecule has 1 aromatic heterocycles. The lowest BCUT2D eigenvalue weighted by molar-refractivity contribution is -0.138.